The quantitative estimate of drug-likeness (QED) is 0.730. The fraction of sp³-hybridized carbons (Fsp3) is 0.929. The SMILES string of the molecule is CC(O)CNC1CCCC(NC(=O)OC(C)(C)C)C1. The lowest BCUT2D eigenvalue weighted by Crippen LogP contribution is -2.46. The summed E-state index contributed by atoms with van der Waals surface area (Å²) in [4.78, 5) is 11.7. The summed E-state index contributed by atoms with van der Waals surface area (Å²) in [5.74, 6) is 0. The third-order valence-electron chi connectivity index (χ3n) is 3.10. The predicted molar refractivity (Wildman–Crippen MR) is 75.1 cm³/mol. The fourth-order valence-electron chi connectivity index (χ4n) is 2.32. The van der Waals surface area contributed by atoms with Crippen molar-refractivity contribution in [2.24, 2.45) is 0 Å². The van der Waals surface area contributed by atoms with E-state index in [1.165, 1.54) is 0 Å². The molecule has 112 valence electrons. The number of carbonyl (C=O) groups is 1. The van der Waals surface area contributed by atoms with E-state index in [1.807, 2.05) is 20.8 Å². The van der Waals surface area contributed by atoms with Gasteiger partial charge in [-0.2, -0.15) is 0 Å². The zero-order chi connectivity index (χ0) is 14.5. The molecule has 1 aliphatic rings. The van der Waals surface area contributed by atoms with Crippen LogP contribution in [0.1, 0.15) is 53.4 Å². The van der Waals surface area contributed by atoms with Crippen molar-refractivity contribution in [1.29, 1.82) is 0 Å². The largest absolute Gasteiger partial charge is 0.444 e. The van der Waals surface area contributed by atoms with E-state index in [-0.39, 0.29) is 18.2 Å². The Hall–Kier alpha value is -0.810. The van der Waals surface area contributed by atoms with Gasteiger partial charge < -0.3 is 20.5 Å². The third-order valence-corrected chi connectivity index (χ3v) is 3.10. The van der Waals surface area contributed by atoms with Crippen LogP contribution in [0.5, 0.6) is 0 Å². The number of nitrogens with one attached hydrogen (secondary N) is 2. The molecule has 1 fully saturated rings. The Balaban J connectivity index is 2.32. The first-order chi connectivity index (χ1) is 8.76. The summed E-state index contributed by atoms with van der Waals surface area (Å²) in [5, 5.41) is 15.5. The predicted octanol–water partition coefficient (Wildman–Crippen LogP) is 1.79. The summed E-state index contributed by atoms with van der Waals surface area (Å²) in [6, 6.07) is 0.526. The molecule has 0 saturated heterocycles. The van der Waals surface area contributed by atoms with Crippen LogP contribution >= 0.6 is 0 Å². The van der Waals surface area contributed by atoms with Gasteiger partial charge in [-0.25, -0.2) is 4.79 Å². The van der Waals surface area contributed by atoms with Crippen molar-refractivity contribution in [3.63, 3.8) is 0 Å². The second-order valence-electron chi connectivity index (χ2n) is 6.46. The Morgan fingerprint density at radius 1 is 1.37 bits per heavy atom. The highest BCUT2D eigenvalue weighted by atomic mass is 16.6. The molecule has 5 heteroatoms. The summed E-state index contributed by atoms with van der Waals surface area (Å²) in [7, 11) is 0. The molecule has 0 aromatic carbocycles. The standard InChI is InChI=1S/C14H28N2O3/c1-10(17)9-15-11-6-5-7-12(8-11)16-13(18)19-14(2,3)4/h10-12,15,17H,5-9H2,1-4H3,(H,16,18). The normalized spacial score (nSPS) is 25.7. The molecule has 0 aliphatic heterocycles. The maximum absolute atomic E-state index is 11.7. The number of aliphatic hydroxyl groups is 1. The number of amides is 1. The molecule has 0 aromatic heterocycles. The number of hydrogen-bond donors (Lipinski definition) is 3. The molecule has 3 N–H and O–H groups in total. The smallest absolute Gasteiger partial charge is 0.407 e. The van der Waals surface area contributed by atoms with E-state index in [0.29, 0.717) is 12.6 Å². The number of hydrogen-bond acceptors (Lipinski definition) is 4. The number of ether oxygens (including phenoxy) is 1. The Morgan fingerprint density at radius 2 is 2.00 bits per heavy atom. The molecule has 1 rings (SSSR count). The van der Waals surface area contributed by atoms with Gasteiger partial charge in [-0.1, -0.05) is 0 Å². The molecular weight excluding hydrogens is 244 g/mol. The van der Waals surface area contributed by atoms with E-state index in [0.717, 1.165) is 25.7 Å². The number of carbonyl (C=O) groups excluding carboxylic acids is 1. The van der Waals surface area contributed by atoms with E-state index in [2.05, 4.69) is 10.6 Å². The highest BCUT2D eigenvalue weighted by molar-refractivity contribution is 5.68. The van der Waals surface area contributed by atoms with Crippen LogP contribution in [0.4, 0.5) is 4.79 Å². The molecule has 0 heterocycles. The first-order valence-electron chi connectivity index (χ1n) is 7.17. The van der Waals surface area contributed by atoms with Crippen LogP contribution in [-0.2, 0) is 4.74 Å². The number of alkyl carbamates (subject to hydrolysis) is 1. The van der Waals surface area contributed by atoms with Crippen LogP contribution in [-0.4, -0.2) is 41.5 Å². The van der Waals surface area contributed by atoms with E-state index in [9.17, 15) is 9.90 Å². The Kier molecular flexibility index (Phi) is 6.07. The third kappa shape index (κ3) is 7.38. The topological polar surface area (TPSA) is 70.6 Å². The number of rotatable bonds is 4. The maximum atomic E-state index is 11.7. The second kappa shape index (κ2) is 7.10. The van der Waals surface area contributed by atoms with Crippen molar-refractivity contribution in [3.05, 3.63) is 0 Å². The molecule has 5 nitrogen and oxygen atoms in total. The van der Waals surface area contributed by atoms with Crippen molar-refractivity contribution < 1.29 is 14.6 Å². The summed E-state index contributed by atoms with van der Waals surface area (Å²) in [6.45, 7) is 7.96. The summed E-state index contributed by atoms with van der Waals surface area (Å²) in [5.41, 5.74) is -0.456. The lowest BCUT2D eigenvalue weighted by molar-refractivity contribution is 0.0487. The van der Waals surface area contributed by atoms with E-state index in [4.69, 9.17) is 4.74 Å². The molecule has 1 aliphatic carbocycles. The van der Waals surface area contributed by atoms with Gasteiger partial charge in [0.2, 0.25) is 0 Å². The van der Waals surface area contributed by atoms with Crippen LogP contribution in [0.3, 0.4) is 0 Å². The number of aliphatic hydroxyl groups excluding tert-OH is 1. The van der Waals surface area contributed by atoms with Crippen molar-refractivity contribution in [1.82, 2.24) is 10.6 Å². The Bertz CT molecular complexity index is 287. The van der Waals surface area contributed by atoms with Gasteiger partial charge in [0.1, 0.15) is 5.60 Å². The van der Waals surface area contributed by atoms with Gasteiger partial charge in [-0.05, 0) is 53.4 Å². The van der Waals surface area contributed by atoms with Gasteiger partial charge in [-0.3, -0.25) is 0 Å². The Morgan fingerprint density at radius 3 is 2.58 bits per heavy atom. The molecule has 1 amide bonds. The molecule has 3 atom stereocenters. The van der Waals surface area contributed by atoms with Crippen LogP contribution in [0, 0.1) is 0 Å². The average Bonchev–Trinajstić information content (AvgIpc) is 2.24. The maximum Gasteiger partial charge on any atom is 0.407 e. The first-order valence-corrected chi connectivity index (χ1v) is 7.17. The second-order valence-corrected chi connectivity index (χ2v) is 6.46. The summed E-state index contributed by atoms with van der Waals surface area (Å²) in [6.07, 6.45) is 3.39. The average molecular weight is 272 g/mol. The van der Waals surface area contributed by atoms with Gasteiger partial charge in [0.15, 0.2) is 0 Å². The summed E-state index contributed by atoms with van der Waals surface area (Å²) < 4.78 is 5.26. The van der Waals surface area contributed by atoms with Gasteiger partial charge in [0.25, 0.3) is 0 Å². The van der Waals surface area contributed by atoms with Crippen molar-refractivity contribution in [2.75, 3.05) is 6.54 Å². The Labute approximate surface area is 116 Å². The molecule has 0 aromatic rings. The molecular formula is C14H28N2O3. The monoisotopic (exact) mass is 272 g/mol. The van der Waals surface area contributed by atoms with Crippen molar-refractivity contribution in [2.45, 2.75) is 77.2 Å². The van der Waals surface area contributed by atoms with Gasteiger partial charge in [0.05, 0.1) is 6.10 Å². The van der Waals surface area contributed by atoms with Crippen LogP contribution < -0.4 is 10.6 Å². The highest BCUT2D eigenvalue weighted by Crippen LogP contribution is 2.19. The van der Waals surface area contributed by atoms with E-state index >= 15 is 0 Å². The first kappa shape index (κ1) is 16.2. The van der Waals surface area contributed by atoms with Crippen molar-refractivity contribution in [3.8, 4) is 0 Å². The summed E-state index contributed by atoms with van der Waals surface area (Å²) >= 11 is 0. The lowest BCUT2D eigenvalue weighted by Gasteiger charge is -2.31. The zero-order valence-electron chi connectivity index (χ0n) is 12.5. The lowest BCUT2D eigenvalue weighted by atomic mass is 9.91. The van der Waals surface area contributed by atoms with Crippen molar-refractivity contribution >= 4 is 6.09 Å². The highest BCUT2D eigenvalue weighted by Gasteiger charge is 2.25. The van der Waals surface area contributed by atoms with E-state index in [1.54, 1.807) is 6.92 Å². The molecule has 0 bridgehead atoms. The molecule has 3 unspecified atom stereocenters. The fourth-order valence-corrected chi connectivity index (χ4v) is 2.32. The van der Waals surface area contributed by atoms with Crippen LogP contribution in [0.2, 0.25) is 0 Å². The van der Waals surface area contributed by atoms with Gasteiger partial charge >= 0.3 is 6.09 Å². The molecule has 0 spiro atoms. The van der Waals surface area contributed by atoms with Crippen LogP contribution in [0.25, 0.3) is 0 Å². The zero-order valence-corrected chi connectivity index (χ0v) is 12.5. The van der Waals surface area contributed by atoms with Gasteiger partial charge in [0, 0.05) is 18.6 Å². The minimum atomic E-state index is -0.456. The minimum absolute atomic E-state index is 0.162. The minimum Gasteiger partial charge on any atom is -0.444 e. The van der Waals surface area contributed by atoms with Gasteiger partial charge in [-0.15, -0.1) is 0 Å². The van der Waals surface area contributed by atoms with Crippen LogP contribution in [0.15, 0.2) is 0 Å². The molecule has 0 radical (unpaired) electrons. The molecule has 19 heavy (non-hydrogen) atoms. The molecule has 1 saturated carbocycles. The van der Waals surface area contributed by atoms with E-state index < -0.39 is 5.60 Å².